The summed E-state index contributed by atoms with van der Waals surface area (Å²) in [5.74, 6) is -0.661. The monoisotopic (exact) mass is 473 g/mol. The molecule has 1 saturated carbocycles. The molecule has 34 heavy (non-hydrogen) atoms. The minimum absolute atomic E-state index is 0.250. The summed E-state index contributed by atoms with van der Waals surface area (Å²) in [7, 11) is 0. The molecule has 1 aromatic carbocycles. The van der Waals surface area contributed by atoms with Gasteiger partial charge in [-0.2, -0.15) is 0 Å². The van der Waals surface area contributed by atoms with E-state index in [2.05, 4.69) is 15.5 Å². The molecule has 2 fully saturated rings. The number of nitrogens with zero attached hydrogens (tertiary/aromatic N) is 2. The minimum Gasteiger partial charge on any atom is -0.370 e. The Balaban J connectivity index is 1.74. The zero-order chi connectivity index (χ0) is 24.7. The molecule has 4 N–H and O–H groups in total. The van der Waals surface area contributed by atoms with Crippen LogP contribution in [0.1, 0.15) is 59.3 Å². The van der Waals surface area contributed by atoms with Crippen LogP contribution in [0.4, 0.5) is 16.2 Å². The first-order chi connectivity index (χ1) is 16.2. The molecule has 2 aliphatic rings. The highest BCUT2D eigenvalue weighted by Crippen LogP contribution is 2.30. The molecule has 1 aliphatic carbocycles. The first-order valence-electron chi connectivity index (χ1n) is 12.3. The Labute approximate surface area is 202 Å². The third-order valence-corrected chi connectivity index (χ3v) is 6.71. The van der Waals surface area contributed by atoms with Crippen molar-refractivity contribution in [3.8, 4) is 0 Å². The molecular weight excluding hydrogens is 434 g/mol. The third kappa shape index (κ3) is 6.85. The van der Waals surface area contributed by atoms with Gasteiger partial charge in [-0.05, 0) is 49.1 Å². The van der Waals surface area contributed by atoms with Gasteiger partial charge in [0, 0.05) is 19.6 Å². The lowest BCUT2D eigenvalue weighted by molar-refractivity contribution is -0.142. The summed E-state index contributed by atoms with van der Waals surface area (Å²) in [5, 5.41) is 14.8. The molecule has 0 spiro atoms. The summed E-state index contributed by atoms with van der Waals surface area (Å²) in [6.45, 7) is 7.73. The predicted molar refractivity (Wildman–Crippen MR) is 132 cm³/mol. The average molecular weight is 474 g/mol. The van der Waals surface area contributed by atoms with Gasteiger partial charge in [-0.3, -0.25) is 14.8 Å². The van der Waals surface area contributed by atoms with E-state index in [1.807, 2.05) is 45.0 Å². The number of anilines is 2. The van der Waals surface area contributed by atoms with Gasteiger partial charge in [0.1, 0.15) is 12.6 Å². The fraction of sp³-hybridized carbons (Fsp3) is 0.640. The maximum absolute atomic E-state index is 13.6. The Hall–Kier alpha value is -2.81. The molecule has 9 heteroatoms. The van der Waals surface area contributed by atoms with Crippen molar-refractivity contribution >= 4 is 29.2 Å². The molecule has 0 bridgehead atoms. The van der Waals surface area contributed by atoms with Gasteiger partial charge in [-0.25, -0.2) is 10.3 Å². The minimum atomic E-state index is -0.848. The van der Waals surface area contributed by atoms with E-state index in [4.69, 9.17) is 5.21 Å². The summed E-state index contributed by atoms with van der Waals surface area (Å²) >= 11 is 0. The Morgan fingerprint density at radius 1 is 1.09 bits per heavy atom. The second-order valence-corrected chi connectivity index (χ2v) is 10.5. The predicted octanol–water partition coefficient (Wildman–Crippen LogP) is 3.35. The highest BCUT2D eigenvalue weighted by Gasteiger charge is 2.37. The second kappa shape index (κ2) is 11.6. The lowest BCUT2D eigenvalue weighted by Gasteiger charge is -2.35. The van der Waals surface area contributed by atoms with Crippen molar-refractivity contribution in [2.24, 2.45) is 11.3 Å². The second-order valence-electron chi connectivity index (χ2n) is 10.5. The summed E-state index contributed by atoms with van der Waals surface area (Å²) in [6, 6.07) is 6.36. The first kappa shape index (κ1) is 25.8. The molecule has 0 aromatic heterocycles. The van der Waals surface area contributed by atoms with Crippen LogP contribution in [0.5, 0.6) is 0 Å². The van der Waals surface area contributed by atoms with E-state index >= 15 is 0 Å². The van der Waals surface area contributed by atoms with Crippen molar-refractivity contribution < 1.29 is 19.6 Å². The maximum Gasteiger partial charge on any atom is 0.319 e. The smallest absolute Gasteiger partial charge is 0.319 e. The molecule has 0 unspecified atom stereocenters. The Morgan fingerprint density at radius 3 is 2.35 bits per heavy atom. The molecule has 0 radical (unpaired) electrons. The number of para-hydroxylation sites is 2. The average Bonchev–Trinajstić information content (AvgIpc) is 3.50. The number of amides is 4. The quantitative estimate of drug-likeness (QED) is 0.342. The van der Waals surface area contributed by atoms with Gasteiger partial charge < -0.3 is 20.4 Å². The summed E-state index contributed by atoms with van der Waals surface area (Å²) in [4.78, 5) is 42.3. The van der Waals surface area contributed by atoms with Crippen molar-refractivity contribution in [1.82, 2.24) is 15.7 Å². The molecule has 1 heterocycles. The van der Waals surface area contributed by atoms with Gasteiger partial charge in [0.25, 0.3) is 5.91 Å². The zero-order valence-corrected chi connectivity index (χ0v) is 20.6. The van der Waals surface area contributed by atoms with Crippen LogP contribution in [0.3, 0.4) is 0 Å². The number of benzene rings is 1. The van der Waals surface area contributed by atoms with E-state index in [1.165, 1.54) is 4.90 Å². The van der Waals surface area contributed by atoms with E-state index < -0.39 is 23.4 Å². The standard InChI is InChI=1S/C25H39N5O4/c1-25(2,3)22(23(32)30(17-21(31)28-34)16-18-10-4-5-11-18)27-24(33)26-19-12-6-7-13-20(19)29-14-8-9-15-29/h6-7,12-13,18,22,34H,4-5,8-11,14-17H2,1-3H3,(H,28,31)(H2,26,27,33)/t22-/m1/s1. The molecule has 188 valence electrons. The number of hydrogen-bond donors (Lipinski definition) is 4. The Morgan fingerprint density at radius 2 is 1.74 bits per heavy atom. The summed E-state index contributed by atoms with van der Waals surface area (Å²) in [6.07, 6.45) is 6.48. The van der Waals surface area contributed by atoms with Crippen LogP contribution in [-0.2, 0) is 9.59 Å². The number of hydroxylamine groups is 1. The van der Waals surface area contributed by atoms with Crippen LogP contribution in [0, 0.1) is 11.3 Å². The highest BCUT2D eigenvalue weighted by molar-refractivity contribution is 5.97. The molecule has 1 atom stereocenters. The fourth-order valence-corrected chi connectivity index (χ4v) is 4.88. The summed E-state index contributed by atoms with van der Waals surface area (Å²) < 4.78 is 0. The third-order valence-electron chi connectivity index (χ3n) is 6.71. The molecular formula is C25H39N5O4. The van der Waals surface area contributed by atoms with Crippen LogP contribution in [-0.4, -0.2) is 60.2 Å². The number of carbonyl (C=O) groups excluding carboxylic acids is 3. The number of urea groups is 1. The SMILES string of the molecule is CC(C)(C)[C@H](NC(=O)Nc1ccccc1N1CCCC1)C(=O)N(CC(=O)NO)CC1CCCC1. The van der Waals surface area contributed by atoms with Crippen LogP contribution < -0.4 is 21.0 Å². The van der Waals surface area contributed by atoms with E-state index in [1.54, 1.807) is 5.48 Å². The van der Waals surface area contributed by atoms with Gasteiger partial charge in [-0.1, -0.05) is 45.7 Å². The molecule has 1 aliphatic heterocycles. The van der Waals surface area contributed by atoms with Crippen LogP contribution in [0.2, 0.25) is 0 Å². The van der Waals surface area contributed by atoms with Crippen molar-refractivity contribution in [1.29, 1.82) is 0 Å². The molecule has 9 nitrogen and oxygen atoms in total. The lowest BCUT2D eigenvalue weighted by atomic mass is 9.85. The van der Waals surface area contributed by atoms with E-state index in [-0.39, 0.29) is 12.5 Å². The fourth-order valence-electron chi connectivity index (χ4n) is 4.88. The molecule has 1 saturated heterocycles. The number of carbonyl (C=O) groups is 3. The van der Waals surface area contributed by atoms with E-state index in [0.29, 0.717) is 18.2 Å². The van der Waals surface area contributed by atoms with Crippen molar-refractivity contribution in [3.63, 3.8) is 0 Å². The number of hydrogen-bond acceptors (Lipinski definition) is 5. The zero-order valence-electron chi connectivity index (χ0n) is 20.6. The van der Waals surface area contributed by atoms with Gasteiger partial charge in [0.05, 0.1) is 11.4 Å². The van der Waals surface area contributed by atoms with E-state index in [9.17, 15) is 14.4 Å². The van der Waals surface area contributed by atoms with E-state index in [0.717, 1.165) is 57.3 Å². The normalized spacial score (nSPS) is 17.4. The van der Waals surface area contributed by atoms with Gasteiger partial charge in [0.2, 0.25) is 5.91 Å². The summed E-state index contributed by atoms with van der Waals surface area (Å²) in [5.41, 5.74) is 2.70. The molecule has 4 amide bonds. The Bertz CT molecular complexity index is 857. The lowest BCUT2D eigenvalue weighted by Crippen LogP contribution is -2.57. The Kier molecular flexibility index (Phi) is 8.77. The number of rotatable bonds is 8. The van der Waals surface area contributed by atoms with Gasteiger partial charge in [-0.15, -0.1) is 0 Å². The largest absolute Gasteiger partial charge is 0.370 e. The molecule has 1 aromatic rings. The topological polar surface area (TPSA) is 114 Å². The van der Waals surface area contributed by atoms with Gasteiger partial charge in [0.15, 0.2) is 0 Å². The van der Waals surface area contributed by atoms with Crippen LogP contribution in [0.25, 0.3) is 0 Å². The van der Waals surface area contributed by atoms with Crippen molar-refractivity contribution in [2.75, 3.05) is 36.4 Å². The highest BCUT2D eigenvalue weighted by atomic mass is 16.5. The number of nitrogens with one attached hydrogen (secondary N) is 3. The van der Waals surface area contributed by atoms with Crippen LogP contribution >= 0.6 is 0 Å². The van der Waals surface area contributed by atoms with Crippen LogP contribution in [0.15, 0.2) is 24.3 Å². The maximum atomic E-state index is 13.6. The molecule has 3 rings (SSSR count). The first-order valence-corrected chi connectivity index (χ1v) is 12.3. The van der Waals surface area contributed by atoms with Crippen molar-refractivity contribution in [2.45, 2.75) is 65.3 Å². The van der Waals surface area contributed by atoms with Crippen molar-refractivity contribution in [3.05, 3.63) is 24.3 Å². The van der Waals surface area contributed by atoms with Gasteiger partial charge >= 0.3 is 6.03 Å².